The van der Waals surface area contributed by atoms with E-state index in [4.69, 9.17) is 15.2 Å². The van der Waals surface area contributed by atoms with Gasteiger partial charge in [0.25, 0.3) is 0 Å². The minimum absolute atomic E-state index is 0.103. The van der Waals surface area contributed by atoms with Crippen LogP contribution in [0.2, 0.25) is 0 Å². The van der Waals surface area contributed by atoms with Gasteiger partial charge in [-0.3, -0.25) is 4.79 Å². The molecule has 0 atom stereocenters. The van der Waals surface area contributed by atoms with E-state index in [2.05, 4.69) is 5.32 Å². The van der Waals surface area contributed by atoms with E-state index in [0.717, 1.165) is 0 Å². The summed E-state index contributed by atoms with van der Waals surface area (Å²) in [6, 6.07) is 5.09. The molecule has 0 unspecified atom stereocenters. The summed E-state index contributed by atoms with van der Waals surface area (Å²) in [5.41, 5.74) is 6.85. The number of nitrogens with one attached hydrogen (secondary N) is 1. The lowest BCUT2D eigenvalue weighted by molar-refractivity contribution is -0.117. The molecule has 1 amide bonds. The Morgan fingerprint density at radius 1 is 1.44 bits per heavy atom. The van der Waals surface area contributed by atoms with Gasteiger partial charge in [0.15, 0.2) is 0 Å². The Hall–Kier alpha value is -1.75. The van der Waals surface area contributed by atoms with E-state index in [1.54, 1.807) is 25.3 Å². The summed E-state index contributed by atoms with van der Waals surface area (Å²) in [5.74, 6) is 0.443. The van der Waals surface area contributed by atoms with E-state index in [1.807, 2.05) is 0 Å². The van der Waals surface area contributed by atoms with E-state index in [9.17, 15) is 4.79 Å². The van der Waals surface area contributed by atoms with Crippen molar-refractivity contribution < 1.29 is 14.3 Å². The molecule has 0 saturated heterocycles. The van der Waals surface area contributed by atoms with Gasteiger partial charge < -0.3 is 20.5 Å². The third-order valence-corrected chi connectivity index (χ3v) is 2.05. The first-order chi connectivity index (χ1) is 7.67. The molecule has 0 radical (unpaired) electrons. The van der Waals surface area contributed by atoms with Gasteiger partial charge >= 0.3 is 0 Å². The lowest BCUT2D eigenvalue weighted by Gasteiger charge is -2.08. The highest BCUT2D eigenvalue weighted by atomic mass is 16.5. The van der Waals surface area contributed by atoms with Crippen LogP contribution in [0.4, 0.5) is 11.4 Å². The molecule has 88 valence electrons. The van der Waals surface area contributed by atoms with Crippen molar-refractivity contribution in [3.8, 4) is 5.75 Å². The zero-order valence-electron chi connectivity index (χ0n) is 9.45. The van der Waals surface area contributed by atoms with Crippen molar-refractivity contribution in [2.45, 2.75) is 6.42 Å². The minimum atomic E-state index is -0.103. The van der Waals surface area contributed by atoms with Crippen LogP contribution in [0.5, 0.6) is 5.75 Å². The molecule has 16 heavy (non-hydrogen) atoms. The Morgan fingerprint density at radius 2 is 2.19 bits per heavy atom. The summed E-state index contributed by atoms with van der Waals surface area (Å²) in [6.45, 7) is 0.401. The second-order valence-corrected chi connectivity index (χ2v) is 3.25. The van der Waals surface area contributed by atoms with Crippen molar-refractivity contribution in [1.82, 2.24) is 0 Å². The maximum atomic E-state index is 11.4. The smallest absolute Gasteiger partial charge is 0.226 e. The molecule has 3 N–H and O–H groups in total. The zero-order valence-corrected chi connectivity index (χ0v) is 9.45. The first kappa shape index (κ1) is 12.3. The highest BCUT2D eigenvalue weighted by Crippen LogP contribution is 2.24. The predicted molar refractivity (Wildman–Crippen MR) is 62.5 cm³/mol. The van der Waals surface area contributed by atoms with Crippen LogP contribution in [0.1, 0.15) is 6.42 Å². The average Bonchev–Trinajstić information content (AvgIpc) is 2.29. The highest BCUT2D eigenvalue weighted by molar-refractivity contribution is 5.91. The van der Waals surface area contributed by atoms with Gasteiger partial charge in [0.2, 0.25) is 5.91 Å². The number of methoxy groups -OCH3 is 2. The first-order valence-corrected chi connectivity index (χ1v) is 4.89. The Morgan fingerprint density at radius 3 is 2.81 bits per heavy atom. The number of carbonyl (C=O) groups is 1. The third-order valence-electron chi connectivity index (χ3n) is 2.05. The molecule has 5 heteroatoms. The van der Waals surface area contributed by atoms with Crippen molar-refractivity contribution in [3.05, 3.63) is 18.2 Å². The van der Waals surface area contributed by atoms with Crippen molar-refractivity contribution in [3.63, 3.8) is 0 Å². The van der Waals surface area contributed by atoms with Crippen LogP contribution in [0.15, 0.2) is 18.2 Å². The third kappa shape index (κ3) is 3.43. The molecule has 0 bridgehead atoms. The number of nitrogens with two attached hydrogens (primary N) is 1. The van der Waals surface area contributed by atoms with Crippen LogP contribution in [0, 0.1) is 0 Å². The summed E-state index contributed by atoms with van der Waals surface area (Å²) < 4.78 is 9.86. The fourth-order valence-corrected chi connectivity index (χ4v) is 1.21. The first-order valence-electron chi connectivity index (χ1n) is 4.89. The molecule has 1 aromatic rings. The number of benzene rings is 1. The number of rotatable bonds is 5. The van der Waals surface area contributed by atoms with Gasteiger partial charge in [-0.2, -0.15) is 0 Å². The van der Waals surface area contributed by atoms with E-state index in [-0.39, 0.29) is 5.91 Å². The van der Waals surface area contributed by atoms with Crippen molar-refractivity contribution >= 4 is 17.3 Å². The monoisotopic (exact) mass is 224 g/mol. The number of carbonyl (C=O) groups excluding carboxylic acids is 1. The summed E-state index contributed by atoms with van der Waals surface area (Å²) in [6.07, 6.45) is 0.323. The number of nitrogen functional groups attached to an aromatic ring is 1. The molecule has 0 aliphatic heterocycles. The van der Waals surface area contributed by atoms with Gasteiger partial charge in [0, 0.05) is 18.9 Å². The van der Waals surface area contributed by atoms with Crippen LogP contribution >= 0.6 is 0 Å². The van der Waals surface area contributed by atoms with Crippen LogP contribution in [0.3, 0.4) is 0 Å². The van der Waals surface area contributed by atoms with Gasteiger partial charge in [0.05, 0.1) is 25.8 Å². The quantitative estimate of drug-likeness (QED) is 0.738. The standard InChI is InChI=1S/C11H16N2O3/c1-15-6-5-11(14)13-8-3-4-9(12)10(7-8)16-2/h3-4,7H,5-6,12H2,1-2H3,(H,13,14). The van der Waals surface area contributed by atoms with Crippen molar-refractivity contribution in [2.24, 2.45) is 0 Å². The fraction of sp³-hybridized carbons (Fsp3) is 0.364. The molecule has 0 spiro atoms. The van der Waals surface area contributed by atoms with Crippen molar-refractivity contribution in [2.75, 3.05) is 31.9 Å². The number of anilines is 2. The van der Waals surface area contributed by atoms with E-state index < -0.39 is 0 Å². The van der Waals surface area contributed by atoms with Crippen LogP contribution in [0.25, 0.3) is 0 Å². The normalized spacial score (nSPS) is 9.88. The lowest BCUT2D eigenvalue weighted by Crippen LogP contribution is -2.13. The van der Waals surface area contributed by atoms with Crippen molar-refractivity contribution in [1.29, 1.82) is 0 Å². The molecule has 0 aliphatic rings. The summed E-state index contributed by atoms with van der Waals surface area (Å²) in [5, 5.41) is 2.72. The molecule has 0 heterocycles. The Bertz CT molecular complexity index is 366. The van der Waals surface area contributed by atoms with Crippen LogP contribution < -0.4 is 15.8 Å². The molecule has 0 saturated carbocycles. The van der Waals surface area contributed by atoms with E-state index in [1.165, 1.54) is 7.11 Å². The molecule has 1 rings (SSSR count). The SMILES string of the molecule is COCCC(=O)Nc1ccc(N)c(OC)c1. The molecule has 0 aliphatic carbocycles. The maximum Gasteiger partial charge on any atom is 0.226 e. The van der Waals surface area contributed by atoms with Crippen LogP contribution in [-0.2, 0) is 9.53 Å². The van der Waals surface area contributed by atoms with Gasteiger partial charge in [0.1, 0.15) is 5.75 Å². The summed E-state index contributed by atoms with van der Waals surface area (Å²) in [4.78, 5) is 11.4. The molecule has 1 aromatic carbocycles. The average molecular weight is 224 g/mol. The van der Waals surface area contributed by atoms with Gasteiger partial charge in [-0.05, 0) is 12.1 Å². The fourth-order valence-electron chi connectivity index (χ4n) is 1.21. The molecular weight excluding hydrogens is 208 g/mol. The highest BCUT2D eigenvalue weighted by Gasteiger charge is 2.04. The Kier molecular flexibility index (Phi) is 4.60. The van der Waals surface area contributed by atoms with Gasteiger partial charge in [-0.1, -0.05) is 0 Å². The topological polar surface area (TPSA) is 73.6 Å². The van der Waals surface area contributed by atoms with Gasteiger partial charge in [-0.15, -0.1) is 0 Å². The predicted octanol–water partition coefficient (Wildman–Crippen LogP) is 1.25. The summed E-state index contributed by atoms with van der Waals surface area (Å²) >= 11 is 0. The number of ether oxygens (including phenoxy) is 2. The van der Waals surface area contributed by atoms with Crippen LogP contribution in [-0.4, -0.2) is 26.7 Å². The van der Waals surface area contributed by atoms with E-state index in [0.29, 0.717) is 30.2 Å². The molecule has 0 aromatic heterocycles. The van der Waals surface area contributed by atoms with E-state index >= 15 is 0 Å². The second kappa shape index (κ2) is 5.97. The molecular formula is C11H16N2O3. The zero-order chi connectivity index (χ0) is 12.0. The minimum Gasteiger partial charge on any atom is -0.495 e. The summed E-state index contributed by atoms with van der Waals surface area (Å²) in [7, 11) is 3.09. The number of hydrogen-bond donors (Lipinski definition) is 2. The largest absolute Gasteiger partial charge is 0.495 e. The Balaban J connectivity index is 2.63. The maximum absolute atomic E-state index is 11.4. The Labute approximate surface area is 94.5 Å². The number of amides is 1. The van der Waals surface area contributed by atoms with Gasteiger partial charge in [-0.25, -0.2) is 0 Å². The molecule has 0 fully saturated rings. The molecule has 5 nitrogen and oxygen atoms in total. The second-order valence-electron chi connectivity index (χ2n) is 3.25. The lowest BCUT2D eigenvalue weighted by atomic mass is 10.2. The number of hydrogen-bond acceptors (Lipinski definition) is 4.